The fourth-order valence-corrected chi connectivity index (χ4v) is 2.68. The molecule has 0 atom stereocenters. The Bertz CT molecular complexity index is 331. The number of hydrogen-bond acceptors (Lipinski definition) is 1. The molecule has 0 unspecified atom stereocenters. The van der Waals surface area contributed by atoms with Gasteiger partial charge in [-0.2, -0.15) is 0 Å². The van der Waals surface area contributed by atoms with Crippen molar-refractivity contribution >= 4 is 22.6 Å². The van der Waals surface area contributed by atoms with Crippen molar-refractivity contribution in [2.75, 3.05) is 0 Å². The molecule has 12 heavy (non-hydrogen) atoms. The fourth-order valence-electron chi connectivity index (χ4n) is 1.90. The third kappa shape index (κ3) is 1.13. The first-order valence-corrected chi connectivity index (χ1v) is 5.28. The first-order chi connectivity index (χ1) is 5.70. The SMILES string of the molecule is Cc1c(O)c(I)cc2c1CCC2. The number of hydrogen-bond donors (Lipinski definition) is 1. The lowest BCUT2D eigenvalue weighted by Gasteiger charge is -2.07. The van der Waals surface area contributed by atoms with Gasteiger partial charge >= 0.3 is 0 Å². The van der Waals surface area contributed by atoms with E-state index in [1.165, 1.54) is 24.0 Å². The van der Waals surface area contributed by atoms with Crippen LogP contribution in [-0.4, -0.2) is 5.11 Å². The molecule has 1 aromatic rings. The third-order valence-corrected chi connectivity index (χ3v) is 3.42. The Hall–Kier alpha value is -0.250. The van der Waals surface area contributed by atoms with Crippen molar-refractivity contribution in [1.29, 1.82) is 0 Å². The molecule has 0 aliphatic heterocycles. The van der Waals surface area contributed by atoms with E-state index in [9.17, 15) is 5.11 Å². The number of fused-ring (bicyclic) bond motifs is 1. The van der Waals surface area contributed by atoms with Crippen LogP contribution in [0.2, 0.25) is 0 Å². The van der Waals surface area contributed by atoms with Gasteiger partial charge in [0, 0.05) is 0 Å². The van der Waals surface area contributed by atoms with E-state index in [2.05, 4.69) is 28.7 Å². The standard InChI is InChI=1S/C10H11IO/c1-6-8-4-2-3-7(8)5-9(11)10(6)12/h5,12H,2-4H2,1H3. The van der Waals surface area contributed by atoms with E-state index in [-0.39, 0.29) is 0 Å². The van der Waals surface area contributed by atoms with Crippen molar-refractivity contribution in [3.8, 4) is 5.75 Å². The molecule has 0 radical (unpaired) electrons. The summed E-state index contributed by atoms with van der Waals surface area (Å²) < 4.78 is 0.991. The summed E-state index contributed by atoms with van der Waals surface area (Å²) >= 11 is 2.19. The Kier molecular flexibility index (Phi) is 2.02. The van der Waals surface area contributed by atoms with Crippen molar-refractivity contribution in [3.05, 3.63) is 26.3 Å². The molecule has 64 valence electrons. The van der Waals surface area contributed by atoms with E-state index >= 15 is 0 Å². The zero-order chi connectivity index (χ0) is 8.72. The van der Waals surface area contributed by atoms with Gasteiger partial charge in [-0.3, -0.25) is 0 Å². The van der Waals surface area contributed by atoms with E-state index in [4.69, 9.17) is 0 Å². The van der Waals surface area contributed by atoms with Crippen LogP contribution >= 0.6 is 22.6 Å². The Morgan fingerprint density at radius 3 is 2.92 bits per heavy atom. The van der Waals surface area contributed by atoms with Gasteiger partial charge in [0.05, 0.1) is 3.57 Å². The molecule has 1 nitrogen and oxygen atoms in total. The molecule has 0 saturated heterocycles. The van der Waals surface area contributed by atoms with Crippen LogP contribution in [0, 0.1) is 10.5 Å². The molecule has 0 amide bonds. The van der Waals surface area contributed by atoms with E-state index in [1.807, 2.05) is 6.92 Å². The molecule has 0 aromatic heterocycles. The molecule has 2 rings (SSSR count). The minimum atomic E-state index is 0.483. The van der Waals surface area contributed by atoms with Crippen LogP contribution in [0.15, 0.2) is 6.07 Å². The molecule has 1 aromatic carbocycles. The summed E-state index contributed by atoms with van der Waals surface area (Å²) in [4.78, 5) is 0. The van der Waals surface area contributed by atoms with Crippen LogP contribution < -0.4 is 0 Å². The van der Waals surface area contributed by atoms with Crippen LogP contribution in [0.5, 0.6) is 5.75 Å². The predicted octanol–water partition coefficient (Wildman–Crippen LogP) is 2.79. The first kappa shape index (κ1) is 8.35. The fraction of sp³-hybridized carbons (Fsp3) is 0.400. The average molecular weight is 274 g/mol. The van der Waals surface area contributed by atoms with Crippen LogP contribution in [0.25, 0.3) is 0 Å². The van der Waals surface area contributed by atoms with Gasteiger partial charge in [-0.25, -0.2) is 0 Å². The number of halogens is 1. The Balaban J connectivity index is 2.67. The van der Waals surface area contributed by atoms with Gasteiger partial charge in [0.2, 0.25) is 0 Å². The van der Waals surface area contributed by atoms with Crippen molar-refractivity contribution < 1.29 is 5.11 Å². The second kappa shape index (κ2) is 2.91. The van der Waals surface area contributed by atoms with E-state index in [1.54, 1.807) is 0 Å². The molecule has 0 fully saturated rings. The average Bonchev–Trinajstić information content (AvgIpc) is 2.48. The highest BCUT2D eigenvalue weighted by Crippen LogP contribution is 2.34. The molecule has 0 heterocycles. The summed E-state index contributed by atoms with van der Waals surface area (Å²) in [6.45, 7) is 2.02. The number of aryl methyl sites for hydroxylation is 1. The number of benzene rings is 1. The quantitative estimate of drug-likeness (QED) is 0.721. The molecule has 1 aliphatic rings. The zero-order valence-electron chi connectivity index (χ0n) is 7.02. The van der Waals surface area contributed by atoms with Gasteiger partial charge in [-0.1, -0.05) is 0 Å². The summed E-state index contributed by atoms with van der Waals surface area (Å²) in [5, 5.41) is 9.66. The number of phenolic OH excluding ortho intramolecular Hbond substituents is 1. The van der Waals surface area contributed by atoms with Crippen LogP contribution in [0.1, 0.15) is 23.1 Å². The summed E-state index contributed by atoms with van der Waals surface area (Å²) in [5.41, 5.74) is 3.91. The summed E-state index contributed by atoms with van der Waals surface area (Å²) in [7, 11) is 0. The van der Waals surface area contributed by atoms with E-state index in [0.717, 1.165) is 15.6 Å². The largest absolute Gasteiger partial charge is 0.507 e. The van der Waals surface area contributed by atoms with Crippen molar-refractivity contribution in [1.82, 2.24) is 0 Å². The lowest BCUT2D eigenvalue weighted by molar-refractivity contribution is 0.466. The summed E-state index contributed by atoms with van der Waals surface area (Å²) in [6.07, 6.45) is 3.58. The van der Waals surface area contributed by atoms with Crippen molar-refractivity contribution in [2.45, 2.75) is 26.2 Å². The molecule has 0 spiro atoms. The molecular weight excluding hydrogens is 263 g/mol. The summed E-state index contributed by atoms with van der Waals surface area (Å²) in [6, 6.07) is 2.12. The predicted molar refractivity (Wildman–Crippen MR) is 57.6 cm³/mol. The Labute approximate surface area is 85.9 Å². The lowest BCUT2D eigenvalue weighted by Crippen LogP contribution is -1.90. The maximum Gasteiger partial charge on any atom is 0.132 e. The second-order valence-corrected chi connectivity index (χ2v) is 4.49. The molecule has 2 heteroatoms. The zero-order valence-corrected chi connectivity index (χ0v) is 9.18. The van der Waals surface area contributed by atoms with Gasteiger partial charge in [-0.15, -0.1) is 0 Å². The van der Waals surface area contributed by atoms with Crippen molar-refractivity contribution in [3.63, 3.8) is 0 Å². The molecule has 0 saturated carbocycles. The lowest BCUT2D eigenvalue weighted by atomic mass is 10.0. The van der Waals surface area contributed by atoms with Crippen LogP contribution in [0.3, 0.4) is 0 Å². The van der Waals surface area contributed by atoms with Crippen molar-refractivity contribution in [2.24, 2.45) is 0 Å². The maximum absolute atomic E-state index is 9.66. The number of aromatic hydroxyl groups is 1. The summed E-state index contributed by atoms with van der Waals surface area (Å²) in [5.74, 6) is 0.483. The molecule has 0 bridgehead atoms. The van der Waals surface area contributed by atoms with E-state index < -0.39 is 0 Å². The molecular formula is C10H11IO. The van der Waals surface area contributed by atoms with Gasteiger partial charge < -0.3 is 5.11 Å². The minimum absolute atomic E-state index is 0.483. The highest BCUT2D eigenvalue weighted by molar-refractivity contribution is 14.1. The minimum Gasteiger partial charge on any atom is -0.507 e. The van der Waals surface area contributed by atoms with E-state index in [0.29, 0.717) is 5.75 Å². The normalized spacial score (nSPS) is 14.8. The molecule has 1 N–H and O–H groups in total. The van der Waals surface area contributed by atoms with Gasteiger partial charge in [0.1, 0.15) is 5.75 Å². The molecule has 1 aliphatic carbocycles. The second-order valence-electron chi connectivity index (χ2n) is 3.32. The smallest absolute Gasteiger partial charge is 0.132 e. The van der Waals surface area contributed by atoms with Gasteiger partial charge in [0.25, 0.3) is 0 Å². The van der Waals surface area contributed by atoms with Gasteiger partial charge in [-0.05, 0) is 71.5 Å². The third-order valence-electron chi connectivity index (χ3n) is 2.60. The number of phenols is 1. The first-order valence-electron chi connectivity index (χ1n) is 4.20. The van der Waals surface area contributed by atoms with Gasteiger partial charge in [0.15, 0.2) is 0 Å². The monoisotopic (exact) mass is 274 g/mol. The Morgan fingerprint density at radius 2 is 2.17 bits per heavy atom. The topological polar surface area (TPSA) is 20.2 Å². The maximum atomic E-state index is 9.66. The highest BCUT2D eigenvalue weighted by atomic mass is 127. The van der Waals surface area contributed by atoms with Crippen LogP contribution in [0.4, 0.5) is 0 Å². The highest BCUT2D eigenvalue weighted by Gasteiger charge is 2.17. The van der Waals surface area contributed by atoms with Crippen LogP contribution in [-0.2, 0) is 12.8 Å². The number of rotatable bonds is 0. The Morgan fingerprint density at radius 1 is 1.42 bits per heavy atom.